The van der Waals surface area contributed by atoms with Crippen LogP contribution < -0.4 is 11.1 Å². The second-order valence-corrected chi connectivity index (χ2v) is 5.33. The molecule has 1 heterocycles. The number of anilines is 1. The third kappa shape index (κ3) is 2.35. The molecule has 3 atom stereocenters. The molecule has 0 fully saturated rings. The molecule has 0 radical (unpaired) electrons. The number of carbonyl (C=O) groups excluding carboxylic acids is 2. The number of rotatable bonds is 2. The minimum Gasteiger partial charge on any atom is -0.351 e. The summed E-state index contributed by atoms with van der Waals surface area (Å²) in [5.41, 5.74) is 7.20. The van der Waals surface area contributed by atoms with Crippen molar-refractivity contribution in [3.63, 3.8) is 0 Å². The van der Waals surface area contributed by atoms with E-state index < -0.39 is 12.1 Å². The minimum absolute atomic E-state index is 0.0410. The number of urea groups is 1. The monoisotopic (exact) mass is 275 g/mol. The predicted octanol–water partition coefficient (Wildman–Crippen LogP) is 2.50. The van der Waals surface area contributed by atoms with E-state index >= 15 is 0 Å². The van der Waals surface area contributed by atoms with Gasteiger partial charge in [-0.25, -0.2) is 4.79 Å². The molecule has 5 nitrogen and oxygen atoms in total. The van der Waals surface area contributed by atoms with Crippen LogP contribution in [0.25, 0.3) is 0 Å². The molecular weight excluding hydrogens is 254 g/mol. The van der Waals surface area contributed by atoms with E-state index in [1.165, 1.54) is 4.90 Å². The summed E-state index contributed by atoms with van der Waals surface area (Å²) in [5, 5.41) is 2.91. The largest absolute Gasteiger partial charge is 0.351 e. The Labute approximate surface area is 119 Å². The van der Waals surface area contributed by atoms with Crippen molar-refractivity contribution < 1.29 is 9.59 Å². The Morgan fingerprint density at radius 1 is 1.45 bits per heavy atom. The second-order valence-electron chi connectivity index (χ2n) is 5.33. The number of hydrogen-bond acceptors (Lipinski definition) is 2. The first-order chi connectivity index (χ1) is 9.47. The number of nitrogens with zero attached hydrogens (tertiary/aromatic N) is 1. The Morgan fingerprint density at radius 3 is 2.70 bits per heavy atom. The highest BCUT2D eigenvalue weighted by Gasteiger charge is 2.39. The van der Waals surface area contributed by atoms with Crippen LogP contribution in [-0.4, -0.2) is 22.9 Å². The van der Waals surface area contributed by atoms with Crippen LogP contribution in [0.4, 0.5) is 10.5 Å². The molecule has 3 amide bonds. The van der Waals surface area contributed by atoms with Crippen molar-refractivity contribution in [2.24, 2.45) is 11.7 Å². The molecule has 1 aromatic rings. The summed E-state index contributed by atoms with van der Waals surface area (Å²) >= 11 is 0. The molecule has 0 aromatic heterocycles. The second kappa shape index (κ2) is 5.53. The lowest BCUT2D eigenvalue weighted by atomic mass is 9.95. The molecule has 5 heteroatoms. The molecule has 0 aliphatic carbocycles. The summed E-state index contributed by atoms with van der Waals surface area (Å²) in [6, 6.07) is 6.18. The molecule has 20 heavy (non-hydrogen) atoms. The standard InChI is InChI=1S/C15H21N3O2/c1-4-9(2)13-14(19)17-12-8-6-5-7-11(12)10(3)18(13)15(16)20/h5-10,13H,4H2,1-3H3,(H2,16,20)(H,17,19)/t9?,10?,13-/m0/s1. The van der Waals surface area contributed by atoms with E-state index in [1.54, 1.807) is 0 Å². The number of nitrogens with two attached hydrogens (primary N) is 1. The Morgan fingerprint density at radius 2 is 2.10 bits per heavy atom. The normalized spacial score (nSPS) is 23.6. The molecule has 1 aliphatic heterocycles. The van der Waals surface area contributed by atoms with Crippen LogP contribution in [0.2, 0.25) is 0 Å². The molecule has 1 aromatic carbocycles. The molecule has 2 unspecified atom stereocenters. The van der Waals surface area contributed by atoms with Gasteiger partial charge in [0.15, 0.2) is 0 Å². The van der Waals surface area contributed by atoms with Crippen LogP contribution in [-0.2, 0) is 4.79 Å². The van der Waals surface area contributed by atoms with E-state index in [4.69, 9.17) is 5.73 Å². The molecule has 0 saturated carbocycles. The Hall–Kier alpha value is -2.04. The summed E-state index contributed by atoms with van der Waals surface area (Å²) in [6.07, 6.45) is 0.797. The van der Waals surface area contributed by atoms with Crippen molar-refractivity contribution in [1.29, 1.82) is 0 Å². The van der Waals surface area contributed by atoms with Gasteiger partial charge in [0.1, 0.15) is 6.04 Å². The summed E-state index contributed by atoms with van der Waals surface area (Å²) in [5.74, 6) is -0.130. The topological polar surface area (TPSA) is 75.4 Å². The maximum Gasteiger partial charge on any atom is 0.315 e. The maximum atomic E-state index is 12.5. The van der Waals surface area contributed by atoms with Crippen molar-refractivity contribution in [2.75, 3.05) is 5.32 Å². The minimum atomic E-state index is -0.561. The number of hydrogen-bond donors (Lipinski definition) is 2. The predicted molar refractivity (Wildman–Crippen MR) is 78.2 cm³/mol. The van der Waals surface area contributed by atoms with E-state index in [0.29, 0.717) is 0 Å². The van der Waals surface area contributed by atoms with Crippen LogP contribution in [0.5, 0.6) is 0 Å². The van der Waals surface area contributed by atoms with Crippen molar-refractivity contribution in [3.05, 3.63) is 29.8 Å². The number of primary amides is 1. The van der Waals surface area contributed by atoms with Crippen LogP contribution in [0, 0.1) is 5.92 Å². The lowest BCUT2D eigenvalue weighted by Gasteiger charge is -2.35. The first-order valence-electron chi connectivity index (χ1n) is 6.95. The van der Waals surface area contributed by atoms with Gasteiger partial charge >= 0.3 is 6.03 Å². The van der Waals surface area contributed by atoms with Gasteiger partial charge in [-0.1, -0.05) is 38.5 Å². The van der Waals surface area contributed by atoms with E-state index in [2.05, 4.69) is 5.32 Å². The maximum absolute atomic E-state index is 12.5. The zero-order valence-corrected chi connectivity index (χ0v) is 12.1. The van der Waals surface area contributed by atoms with Crippen molar-refractivity contribution in [3.8, 4) is 0 Å². The zero-order valence-electron chi connectivity index (χ0n) is 12.1. The number of nitrogens with one attached hydrogen (secondary N) is 1. The number of amides is 3. The van der Waals surface area contributed by atoms with Gasteiger partial charge in [-0.05, 0) is 24.5 Å². The van der Waals surface area contributed by atoms with Crippen LogP contribution in [0.3, 0.4) is 0 Å². The van der Waals surface area contributed by atoms with Gasteiger partial charge in [0, 0.05) is 5.69 Å². The van der Waals surface area contributed by atoms with Crippen LogP contribution >= 0.6 is 0 Å². The van der Waals surface area contributed by atoms with Gasteiger partial charge in [-0.2, -0.15) is 0 Å². The molecule has 1 aliphatic rings. The Balaban J connectivity index is 2.53. The molecule has 2 rings (SSSR count). The van der Waals surface area contributed by atoms with Gasteiger partial charge in [-0.3, -0.25) is 4.79 Å². The molecule has 108 valence electrons. The summed E-state index contributed by atoms with van der Waals surface area (Å²) in [7, 11) is 0. The first-order valence-corrected chi connectivity index (χ1v) is 6.95. The van der Waals surface area contributed by atoms with E-state index in [0.717, 1.165) is 17.7 Å². The third-order valence-electron chi connectivity index (χ3n) is 4.09. The van der Waals surface area contributed by atoms with E-state index in [-0.39, 0.29) is 17.9 Å². The Kier molecular flexibility index (Phi) is 3.97. The van der Waals surface area contributed by atoms with E-state index in [1.807, 2.05) is 45.0 Å². The number of para-hydroxylation sites is 1. The van der Waals surface area contributed by atoms with Crippen LogP contribution in [0.15, 0.2) is 24.3 Å². The van der Waals surface area contributed by atoms with Gasteiger partial charge in [0.2, 0.25) is 5.91 Å². The van der Waals surface area contributed by atoms with Crippen LogP contribution in [0.1, 0.15) is 38.8 Å². The fraction of sp³-hybridized carbons (Fsp3) is 0.467. The Bertz CT molecular complexity index is 530. The smallest absolute Gasteiger partial charge is 0.315 e. The summed E-state index contributed by atoms with van der Waals surface area (Å²) < 4.78 is 0. The highest BCUT2D eigenvalue weighted by atomic mass is 16.2. The molecular formula is C15H21N3O2. The zero-order chi connectivity index (χ0) is 14.9. The average molecular weight is 275 g/mol. The summed E-state index contributed by atoms with van der Waals surface area (Å²) in [6.45, 7) is 5.86. The fourth-order valence-corrected chi connectivity index (χ4v) is 2.78. The molecule has 0 spiro atoms. The number of benzene rings is 1. The lowest BCUT2D eigenvalue weighted by Crippen LogP contribution is -2.52. The molecule has 0 saturated heterocycles. The third-order valence-corrected chi connectivity index (χ3v) is 4.09. The van der Waals surface area contributed by atoms with Gasteiger partial charge in [-0.15, -0.1) is 0 Å². The number of carbonyl (C=O) groups is 2. The first kappa shape index (κ1) is 14.4. The molecule has 0 bridgehead atoms. The lowest BCUT2D eigenvalue weighted by molar-refractivity contribution is -0.122. The van der Waals surface area contributed by atoms with Crippen molar-refractivity contribution in [1.82, 2.24) is 4.90 Å². The fourth-order valence-electron chi connectivity index (χ4n) is 2.78. The van der Waals surface area contributed by atoms with Crippen molar-refractivity contribution in [2.45, 2.75) is 39.3 Å². The van der Waals surface area contributed by atoms with Crippen molar-refractivity contribution >= 4 is 17.6 Å². The highest BCUT2D eigenvalue weighted by molar-refractivity contribution is 5.99. The summed E-state index contributed by atoms with van der Waals surface area (Å²) in [4.78, 5) is 25.8. The highest BCUT2D eigenvalue weighted by Crippen LogP contribution is 2.34. The molecule has 3 N–H and O–H groups in total. The van der Waals surface area contributed by atoms with Gasteiger partial charge in [0.25, 0.3) is 0 Å². The number of fused-ring (bicyclic) bond motifs is 1. The average Bonchev–Trinajstić information content (AvgIpc) is 2.53. The van der Waals surface area contributed by atoms with Gasteiger partial charge < -0.3 is 16.0 Å². The van der Waals surface area contributed by atoms with E-state index in [9.17, 15) is 9.59 Å². The SMILES string of the molecule is CCC(C)[C@H]1C(=O)Nc2ccccc2C(C)N1C(N)=O. The quantitative estimate of drug-likeness (QED) is 0.870. The van der Waals surface area contributed by atoms with Gasteiger partial charge in [0.05, 0.1) is 6.04 Å².